The molecule has 2 aromatic rings. The molecule has 5 heteroatoms. The van der Waals surface area contributed by atoms with E-state index < -0.39 is 5.60 Å². The van der Waals surface area contributed by atoms with Gasteiger partial charge in [-0.25, -0.2) is 4.79 Å². The molecule has 1 aliphatic heterocycles. The maximum atomic E-state index is 12.2. The first-order valence-electron chi connectivity index (χ1n) is 7.11. The van der Waals surface area contributed by atoms with Crippen molar-refractivity contribution < 1.29 is 9.53 Å². The van der Waals surface area contributed by atoms with Gasteiger partial charge in [0, 0.05) is 23.1 Å². The van der Waals surface area contributed by atoms with Crippen LogP contribution >= 0.6 is 11.6 Å². The van der Waals surface area contributed by atoms with Crippen LogP contribution in [0.25, 0.3) is 10.9 Å². The third-order valence-electron chi connectivity index (χ3n) is 3.60. The van der Waals surface area contributed by atoms with Gasteiger partial charge in [-0.3, -0.25) is 0 Å². The van der Waals surface area contributed by atoms with E-state index in [1.165, 1.54) is 5.56 Å². The summed E-state index contributed by atoms with van der Waals surface area (Å²) in [4.78, 5) is 17.3. The number of aromatic nitrogens is 1. The minimum atomic E-state index is -0.471. The first-order chi connectivity index (χ1) is 9.85. The van der Waals surface area contributed by atoms with Crippen LogP contribution in [0, 0.1) is 0 Å². The van der Waals surface area contributed by atoms with E-state index in [-0.39, 0.29) is 6.09 Å². The molecule has 0 radical (unpaired) electrons. The maximum absolute atomic E-state index is 12.2. The van der Waals surface area contributed by atoms with Gasteiger partial charge in [0.2, 0.25) is 0 Å². The molecular weight excluding hydrogens is 288 g/mol. The third kappa shape index (κ3) is 2.72. The first kappa shape index (κ1) is 14.3. The molecule has 1 N–H and O–H groups in total. The Hall–Kier alpha value is -1.68. The summed E-state index contributed by atoms with van der Waals surface area (Å²) in [6, 6.07) is 5.84. The first-order valence-corrected chi connectivity index (χ1v) is 7.49. The quantitative estimate of drug-likeness (QED) is 0.796. The lowest BCUT2D eigenvalue weighted by Gasteiger charge is -2.30. The number of halogens is 1. The molecule has 1 aromatic heterocycles. The molecule has 1 amide bonds. The fourth-order valence-corrected chi connectivity index (χ4v) is 3.02. The molecule has 0 atom stereocenters. The lowest BCUT2D eigenvalue weighted by molar-refractivity contribution is 0.0222. The molecule has 0 aliphatic carbocycles. The van der Waals surface area contributed by atoms with Crippen LogP contribution in [0.4, 0.5) is 4.79 Å². The van der Waals surface area contributed by atoms with Crippen molar-refractivity contribution in [3.8, 4) is 0 Å². The number of carbonyl (C=O) groups is 1. The average molecular weight is 307 g/mol. The topological polar surface area (TPSA) is 45.3 Å². The number of carbonyl (C=O) groups excluding carboxylic acids is 1. The van der Waals surface area contributed by atoms with Crippen LogP contribution in [0.2, 0.25) is 5.02 Å². The Bertz CT molecular complexity index is 700. The molecule has 1 aliphatic rings. The summed E-state index contributed by atoms with van der Waals surface area (Å²) in [6.07, 6.45) is 0.524. The van der Waals surface area contributed by atoms with Crippen molar-refractivity contribution in [1.29, 1.82) is 0 Å². The molecule has 2 heterocycles. The van der Waals surface area contributed by atoms with E-state index >= 15 is 0 Å². The van der Waals surface area contributed by atoms with Crippen LogP contribution < -0.4 is 0 Å². The molecule has 3 rings (SSSR count). The lowest BCUT2D eigenvalue weighted by atomic mass is 10.0. The normalized spacial score (nSPS) is 15.1. The third-order valence-corrected chi connectivity index (χ3v) is 3.91. The summed E-state index contributed by atoms with van der Waals surface area (Å²) < 4.78 is 5.44. The Kier molecular flexibility index (Phi) is 3.36. The van der Waals surface area contributed by atoms with Crippen LogP contribution in [-0.2, 0) is 17.7 Å². The number of nitrogens with zero attached hydrogens (tertiary/aromatic N) is 1. The number of rotatable bonds is 0. The molecule has 112 valence electrons. The zero-order chi connectivity index (χ0) is 15.2. The highest BCUT2D eigenvalue weighted by atomic mass is 35.5. The van der Waals surface area contributed by atoms with E-state index in [1.807, 2.05) is 39.0 Å². The maximum Gasteiger partial charge on any atom is 0.410 e. The highest BCUT2D eigenvalue weighted by Gasteiger charge is 2.28. The molecule has 0 saturated carbocycles. The molecule has 0 spiro atoms. The number of benzene rings is 1. The second-order valence-corrected chi connectivity index (χ2v) is 6.80. The number of aromatic amines is 1. The van der Waals surface area contributed by atoms with Gasteiger partial charge in [-0.15, -0.1) is 0 Å². The summed E-state index contributed by atoms with van der Waals surface area (Å²) in [5.74, 6) is 0. The number of H-pyrrole nitrogens is 1. The van der Waals surface area contributed by atoms with Crippen molar-refractivity contribution in [3.05, 3.63) is 34.5 Å². The van der Waals surface area contributed by atoms with Gasteiger partial charge >= 0.3 is 6.09 Å². The summed E-state index contributed by atoms with van der Waals surface area (Å²) in [5, 5.41) is 1.84. The van der Waals surface area contributed by atoms with Gasteiger partial charge in [0.05, 0.1) is 11.6 Å². The largest absolute Gasteiger partial charge is 0.444 e. The van der Waals surface area contributed by atoms with E-state index in [1.54, 1.807) is 4.90 Å². The zero-order valence-corrected chi connectivity index (χ0v) is 13.3. The van der Waals surface area contributed by atoms with Gasteiger partial charge in [-0.05, 0) is 44.9 Å². The Morgan fingerprint density at radius 2 is 2.14 bits per heavy atom. The standard InChI is InChI=1S/C16H19ClN2O2/c1-16(2,3)21-15(20)19-8-7-10-13(9-19)18-12-6-4-5-11(17)14(10)12/h4-6,18H,7-9H2,1-3H3. The van der Waals surface area contributed by atoms with Crippen molar-refractivity contribution >= 4 is 28.6 Å². The number of amides is 1. The number of hydrogen-bond acceptors (Lipinski definition) is 2. The van der Waals surface area contributed by atoms with Crippen molar-refractivity contribution in [3.63, 3.8) is 0 Å². The fourth-order valence-electron chi connectivity index (χ4n) is 2.73. The van der Waals surface area contributed by atoms with Crippen LogP contribution in [-0.4, -0.2) is 28.1 Å². The summed E-state index contributed by atoms with van der Waals surface area (Å²) >= 11 is 6.30. The highest BCUT2D eigenvalue weighted by molar-refractivity contribution is 6.35. The van der Waals surface area contributed by atoms with Gasteiger partial charge in [0.25, 0.3) is 0 Å². The highest BCUT2D eigenvalue weighted by Crippen LogP contribution is 2.32. The second-order valence-electron chi connectivity index (χ2n) is 6.40. The molecule has 1 aromatic carbocycles. The smallest absolute Gasteiger partial charge is 0.410 e. The predicted octanol–water partition coefficient (Wildman–Crippen LogP) is 4.11. The second kappa shape index (κ2) is 4.95. The van der Waals surface area contributed by atoms with Gasteiger partial charge in [-0.2, -0.15) is 0 Å². The van der Waals surface area contributed by atoms with Gasteiger partial charge < -0.3 is 14.6 Å². The van der Waals surface area contributed by atoms with Crippen molar-refractivity contribution in [2.75, 3.05) is 6.54 Å². The van der Waals surface area contributed by atoms with Crippen LogP contribution in [0.15, 0.2) is 18.2 Å². The SMILES string of the molecule is CC(C)(C)OC(=O)N1CCc2c([nH]c3cccc(Cl)c23)C1. The Labute approximate surface area is 129 Å². The van der Waals surface area contributed by atoms with Gasteiger partial charge in [-0.1, -0.05) is 17.7 Å². The number of ether oxygens (including phenoxy) is 1. The van der Waals surface area contributed by atoms with Crippen LogP contribution in [0.1, 0.15) is 32.0 Å². The lowest BCUT2D eigenvalue weighted by Crippen LogP contribution is -2.39. The van der Waals surface area contributed by atoms with E-state index in [4.69, 9.17) is 16.3 Å². The number of nitrogens with one attached hydrogen (secondary N) is 1. The minimum absolute atomic E-state index is 0.266. The Balaban J connectivity index is 1.88. The van der Waals surface area contributed by atoms with E-state index in [0.29, 0.717) is 13.1 Å². The predicted molar refractivity (Wildman–Crippen MR) is 83.7 cm³/mol. The molecular formula is C16H19ClN2O2. The molecule has 21 heavy (non-hydrogen) atoms. The number of hydrogen-bond donors (Lipinski definition) is 1. The summed E-state index contributed by atoms with van der Waals surface area (Å²) in [7, 11) is 0. The van der Waals surface area contributed by atoms with Crippen LogP contribution in [0.5, 0.6) is 0 Å². The van der Waals surface area contributed by atoms with Crippen LogP contribution in [0.3, 0.4) is 0 Å². The fraction of sp³-hybridized carbons (Fsp3) is 0.438. The van der Waals surface area contributed by atoms with E-state index in [0.717, 1.165) is 28.0 Å². The Morgan fingerprint density at radius 3 is 2.86 bits per heavy atom. The van der Waals surface area contributed by atoms with E-state index in [9.17, 15) is 4.79 Å². The molecule has 0 bridgehead atoms. The van der Waals surface area contributed by atoms with Crippen molar-refractivity contribution in [2.24, 2.45) is 0 Å². The molecule has 0 saturated heterocycles. The summed E-state index contributed by atoms with van der Waals surface area (Å²) in [5.41, 5.74) is 2.82. The minimum Gasteiger partial charge on any atom is -0.444 e. The molecule has 4 nitrogen and oxygen atoms in total. The van der Waals surface area contributed by atoms with Crippen molar-refractivity contribution in [1.82, 2.24) is 9.88 Å². The molecule has 0 unspecified atom stereocenters. The van der Waals surface area contributed by atoms with Crippen molar-refractivity contribution in [2.45, 2.75) is 39.3 Å². The summed E-state index contributed by atoms with van der Waals surface area (Å²) in [6.45, 7) is 6.82. The Morgan fingerprint density at radius 1 is 1.38 bits per heavy atom. The number of fused-ring (bicyclic) bond motifs is 3. The monoisotopic (exact) mass is 306 g/mol. The average Bonchev–Trinajstić information content (AvgIpc) is 2.75. The van der Waals surface area contributed by atoms with Gasteiger partial charge in [0.15, 0.2) is 0 Å². The van der Waals surface area contributed by atoms with E-state index in [2.05, 4.69) is 4.98 Å². The zero-order valence-electron chi connectivity index (χ0n) is 12.5. The molecule has 0 fully saturated rings. The van der Waals surface area contributed by atoms with Gasteiger partial charge in [0.1, 0.15) is 5.60 Å².